The van der Waals surface area contributed by atoms with E-state index in [0.29, 0.717) is 6.61 Å². The highest BCUT2D eigenvalue weighted by molar-refractivity contribution is 5.81. The van der Waals surface area contributed by atoms with Crippen LogP contribution in [0.3, 0.4) is 0 Å². The number of unbranched alkanes of at least 4 members (excludes halogenated alkanes) is 16. The van der Waals surface area contributed by atoms with Crippen LogP contribution in [0.4, 0.5) is 0 Å². The summed E-state index contributed by atoms with van der Waals surface area (Å²) >= 11 is 0. The number of carbonyl (C=O) groups is 1. The molecule has 0 aromatic heterocycles. The minimum Gasteiger partial charge on any atom is -0.463 e. The second-order valence-electron chi connectivity index (χ2n) is 7.66. The summed E-state index contributed by atoms with van der Waals surface area (Å²) in [5.74, 6) is -0.175. The molecule has 0 aliphatic heterocycles. The van der Waals surface area contributed by atoms with E-state index in [1.807, 2.05) is 6.08 Å². The van der Waals surface area contributed by atoms with Gasteiger partial charge in [-0.25, -0.2) is 4.79 Å². The third kappa shape index (κ3) is 21.3. The Balaban J connectivity index is 3.13. The van der Waals surface area contributed by atoms with Crippen molar-refractivity contribution in [2.75, 3.05) is 6.61 Å². The Bertz CT molecular complexity index is 309. The molecular formula is C24H46O2. The zero-order valence-corrected chi connectivity index (χ0v) is 17.9. The van der Waals surface area contributed by atoms with Crippen molar-refractivity contribution in [2.45, 2.75) is 129 Å². The summed E-state index contributed by atoms with van der Waals surface area (Å²) in [6.07, 6.45) is 27.2. The standard InChI is InChI=1S/C24H46O2/c1-3-5-7-9-10-11-12-13-14-15-16-17-18-19-21-23-26-24(25)22-20-8-6-4-2/h20,22H,3-19,21,23H2,1-2H3/b22-20+. The molecule has 154 valence electrons. The van der Waals surface area contributed by atoms with E-state index in [1.54, 1.807) is 6.08 Å². The lowest BCUT2D eigenvalue weighted by atomic mass is 10.0. The van der Waals surface area contributed by atoms with Crippen molar-refractivity contribution in [3.63, 3.8) is 0 Å². The van der Waals surface area contributed by atoms with Crippen LogP contribution < -0.4 is 0 Å². The van der Waals surface area contributed by atoms with Gasteiger partial charge in [0.2, 0.25) is 0 Å². The van der Waals surface area contributed by atoms with Crippen LogP contribution in [-0.4, -0.2) is 12.6 Å². The third-order valence-corrected chi connectivity index (χ3v) is 4.97. The maximum Gasteiger partial charge on any atom is 0.330 e. The van der Waals surface area contributed by atoms with Gasteiger partial charge in [0.1, 0.15) is 0 Å². The van der Waals surface area contributed by atoms with Gasteiger partial charge in [0.15, 0.2) is 0 Å². The first-order valence-corrected chi connectivity index (χ1v) is 11.6. The molecule has 0 aromatic carbocycles. The van der Waals surface area contributed by atoms with E-state index < -0.39 is 0 Å². The van der Waals surface area contributed by atoms with Gasteiger partial charge in [-0.3, -0.25) is 0 Å². The van der Waals surface area contributed by atoms with Crippen molar-refractivity contribution < 1.29 is 9.53 Å². The fraction of sp³-hybridized carbons (Fsp3) is 0.875. The van der Waals surface area contributed by atoms with E-state index in [9.17, 15) is 4.79 Å². The van der Waals surface area contributed by atoms with Crippen LogP contribution in [0.25, 0.3) is 0 Å². The summed E-state index contributed by atoms with van der Waals surface area (Å²) in [5.41, 5.74) is 0. The lowest BCUT2D eigenvalue weighted by Gasteiger charge is -2.04. The van der Waals surface area contributed by atoms with Gasteiger partial charge in [-0.05, 0) is 12.8 Å². The molecule has 26 heavy (non-hydrogen) atoms. The lowest BCUT2D eigenvalue weighted by Crippen LogP contribution is -2.02. The molecule has 0 rings (SSSR count). The van der Waals surface area contributed by atoms with Gasteiger partial charge in [0.25, 0.3) is 0 Å². The van der Waals surface area contributed by atoms with Crippen molar-refractivity contribution in [1.29, 1.82) is 0 Å². The van der Waals surface area contributed by atoms with Crippen molar-refractivity contribution in [3.05, 3.63) is 12.2 Å². The van der Waals surface area contributed by atoms with E-state index in [4.69, 9.17) is 4.74 Å². The molecule has 2 heteroatoms. The molecule has 0 saturated carbocycles. The highest BCUT2D eigenvalue weighted by atomic mass is 16.5. The van der Waals surface area contributed by atoms with Gasteiger partial charge >= 0.3 is 5.97 Å². The molecule has 0 unspecified atom stereocenters. The first-order valence-electron chi connectivity index (χ1n) is 11.6. The molecule has 2 nitrogen and oxygen atoms in total. The van der Waals surface area contributed by atoms with Gasteiger partial charge in [-0.1, -0.05) is 123 Å². The highest BCUT2D eigenvalue weighted by Gasteiger charge is 1.97. The Hall–Kier alpha value is -0.790. The number of ether oxygens (including phenoxy) is 1. The molecule has 0 aliphatic rings. The Morgan fingerprint density at radius 2 is 1.04 bits per heavy atom. The van der Waals surface area contributed by atoms with Gasteiger partial charge < -0.3 is 4.74 Å². The van der Waals surface area contributed by atoms with Crippen LogP contribution in [-0.2, 0) is 9.53 Å². The molecule has 0 fully saturated rings. The Morgan fingerprint density at radius 3 is 1.50 bits per heavy atom. The normalized spacial score (nSPS) is 11.3. The Morgan fingerprint density at radius 1 is 0.615 bits per heavy atom. The second kappa shape index (κ2) is 22.3. The first-order chi connectivity index (χ1) is 12.8. The molecule has 0 aliphatic carbocycles. The van der Waals surface area contributed by atoms with Gasteiger partial charge in [-0.2, -0.15) is 0 Å². The van der Waals surface area contributed by atoms with Crippen LogP contribution in [0.15, 0.2) is 12.2 Å². The molecular weight excluding hydrogens is 320 g/mol. The number of esters is 1. The maximum atomic E-state index is 11.4. The SMILES string of the molecule is CCCC/C=C/C(=O)OCCCCCCCCCCCCCCCCC. The molecule has 0 amide bonds. The van der Waals surface area contributed by atoms with E-state index in [2.05, 4.69) is 13.8 Å². The lowest BCUT2D eigenvalue weighted by molar-refractivity contribution is -0.137. The monoisotopic (exact) mass is 366 g/mol. The molecule has 0 saturated heterocycles. The predicted molar refractivity (Wildman–Crippen MR) is 115 cm³/mol. The van der Waals surface area contributed by atoms with Crippen molar-refractivity contribution >= 4 is 5.97 Å². The summed E-state index contributed by atoms with van der Waals surface area (Å²) < 4.78 is 5.21. The topological polar surface area (TPSA) is 26.3 Å². The van der Waals surface area contributed by atoms with Crippen LogP contribution in [0.1, 0.15) is 129 Å². The first kappa shape index (κ1) is 25.2. The minimum absolute atomic E-state index is 0.175. The average molecular weight is 367 g/mol. The predicted octanol–water partition coefficient (Wildman–Crippen LogP) is 8.15. The van der Waals surface area contributed by atoms with Crippen LogP contribution in [0, 0.1) is 0 Å². The number of hydrogen-bond donors (Lipinski definition) is 0. The number of carbonyl (C=O) groups excluding carboxylic acids is 1. The zero-order valence-electron chi connectivity index (χ0n) is 17.9. The molecule has 0 heterocycles. The van der Waals surface area contributed by atoms with E-state index in [1.165, 1.54) is 96.3 Å². The Labute approximate surface area is 164 Å². The van der Waals surface area contributed by atoms with Gasteiger partial charge in [-0.15, -0.1) is 0 Å². The zero-order chi connectivity index (χ0) is 19.1. The summed E-state index contributed by atoms with van der Waals surface area (Å²) in [6, 6.07) is 0. The van der Waals surface area contributed by atoms with Crippen LogP contribution >= 0.6 is 0 Å². The van der Waals surface area contributed by atoms with E-state index in [0.717, 1.165) is 19.3 Å². The second-order valence-corrected chi connectivity index (χ2v) is 7.66. The highest BCUT2D eigenvalue weighted by Crippen LogP contribution is 2.13. The van der Waals surface area contributed by atoms with Crippen molar-refractivity contribution in [1.82, 2.24) is 0 Å². The van der Waals surface area contributed by atoms with E-state index >= 15 is 0 Å². The fourth-order valence-electron chi connectivity index (χ4n) is 3.20. The van der Waals surface area contributed by atoms with Crippen LogP contribution in [0.5, 0.6) is 0 Å². The summed E-state index contributed by atoms with van der Waals surface area (Å²) in [5, 5.41) is 0. The smallest absolute Gasteiger partial charge is 0.330 e. The fourth-order valence-corrected chi connectivity index (χ4v) is 3.20. The summed E-state index contributed by atoms with van der Waals surface area (Å²) in [6.45, 7) is 5.01. The number of hydrogen-bond acceptors (Lipinski definition) is 2. The van der Waals surface area contributed by atoms with Crippen LogP contribution in [0.2, 0.25) is 0 Å². The van der Waals surface area contributed by atoms with Crippen molar-refractivity contribution in [3.8, 4) is 0 Å². The minimum atomic E-state index is -0.175. The quantitative estimate of drug-likeness (QED) is 0.123. The Kier molecular flexibility index (Phi) is 21.6. The average Bonchev–Trinajstić information content (AvgIpc) is 2.65. The van der Waals surface area contributed by atoms with Crippen molar-refractivity contribution in [2.24, 2.45) is 0 Å². The van der Waals surface area contributed by atoms with E-state index in [-0.39, 0.29) is 5.97 Å². The summed E-state index contributed by atoms with van der Waals surface area (Å²) in [7, 11) is 0. The number of allylic oxidation sites excluding steroid dienone is 1. The largest absolute Gasteiger partial charge is 0.463 e. The summed E-state index contributed by atoms with van der Waals surface area (Å²) in [4.78, 5) is 11.4. The molecule has 0 N–H and O–H groups in total. The maximum absolute atomic E-state index is 11.4. The molecule has 0 atom stereocenters. The van der Waals surface area contributed by atoms with Gasteiger partial charge in [0, 0.05) is 6.08 Å². The molecule has 0 aromatic rings. The number of rotatable bonds is 20. The van der Waals surface area contributed by atoms with Gasteiger partial charge in [0.05, 0.1) is 6.61 Å². The molecule has 0 radical (unpaired) electrons. The molecule has 0 spiro atoms. The molecule has 0 bridgehead atoms. The third-order valence-electron chi connectivity index (χ3n) is 4.97.